The Bertz CT molecular complexity index is 1830. The molecule has 9 nitrogen and oxygen atoms in total. The van der Waals surface area contributed by atoms with Gasteiger partial charge in [0.25, 0.3) is 5.03 Å². The molecule has 0 aliphatic carbocycles. The van der Waals surface area contributed by atoms with Crippen molar-refractivity contribution in [1.29, 1.82) is 0 Å². The maximum atomic E-state index is 13.1. The number of benzene rings is 3. The highest BCUT2D eigenvalue weighted by Crippen LogP contribution is 2.39. The highest BCUT2D eigenvalue weighted by atomic mass is 32.2. The van der Waals surface area contributed by atoms with Gasteiger partial charge < -0.3 is 19.8 Å². The minimum absolute atomic E-state index is 0.0373. The van der Waals surface area contributed by atoms with Crippen LogP contribution in [0.25, 0.3) is 10.9 Å². The van der Waals surface area contributed by atoms with E-state index in [1.807, 2.05) is 66.7 Å². The number of aliphatic hydroxyl groups excluding tert-OH is 1. The minimum atomic E-state index is -3.80. The van der Waals surface area contributed by atoms with E-state index in [0.29, 0.717) is 22.7 Å². The van der Waals surface area contributed by atoms with Crippen LogP contribution in [0.1, 0.15) is 41.1 Å². The van der Waals surface area contributed by atoms with E-state index in [4.69, 9.17) is 9.47 Å². The molecule has 1 saturated heterocycles. The van der Waals surface area contributed by atoms with Gasteiger partial charge in [0.2, 0.25) is 10.0 Å². The largest absolute Gasteiger partial charge is 0.618 e. The molecule has 2 N–H and O–H groups in total. The van der Waals surface area contributed by atoms with Crippen molar-refractivity contribution >= 4 is 32.7 Å². The van der Waals surface area contributed by atoms with Crippen LogP contribution in [-0.2, 0) is 32.6 Å². The van der Waals surface area contributed by atoms with Crippen molar-refractivity contribution in [3.63, 3.8) is 0 Å². The summed E-state index contributed by atoms with van der Waals surface area (Å²) < 4.78 is 42.6. The fraction of sp³-hybridized carbons (Fsp3) is 0.212. The van der Waals surface area contributed by atoms with Crippen LogP contribution in [-0.4, -0.2) is 30.4 Å². The van der Waals surface area contributed by atoms with Gasteiger partial charge in [-0.15, -0.1) is 0 Å². The average Bonchev–Trinajstić information content (AvgIpc) is 3.07. The van der Waals surface area contributed by atoms with Crippen molar-refractivity contribution < 1.29 is 27.7 Å². The summed E-state index contributed by atoms with van der Waals surface area (Å²) in [4.78, 5) is 4.40. The number of rotatable bonds is 10. The van der Waals surface area contributed by atoms with E-state index in [9.17, 15) is 18.7 Å². The highest BCUT2D eigenvalue weighted by molar-refractivity contribution is 7.99. The lowest BCUT2D eigenvalue weighted by molar-refractivity contribution is -0.645. The van der Waals surface area contributed by atoms with E-state index < -0.39 is 16.3 Å². The molecular weight excluding hydrogens is 599 g/mol. The molecule has 1 aliphatic rings. The second-order valence-electron chi connectivity index (χ2n) is 10.4. The molecule has 2 aromatic heterocycles. The average molecular weight is 630 g/mol. The summed E-state index contributed by atoms with van der Waals surface area (Å²) in [7, 11) is -3.80. The summed E-state index contributed by atoms with van der Waals surface area (Å²) in [5.41, 5.74) is 3.78. The number of nitrogens with zero attached hydrogens (tertiary/aromatic N) is 2. The van der Waals surface area contributed by atoms with E-state index >= 15 is 0 Å². The van der Waals surface area contributed by atoms with Crippen LogP contribution < -0.4 is 9.45 Å². The van der Waals surface area contributed by atoms with Crippen molar-refractivity contribution in [2.75, 3.05) is 5.75 Å². The maximum absolute atomic E-state index is 13.1. The van der Waals surface area contributed by atoms with Gasteiger partial charge in [0, 0.05) is 48.0 Å². The van der Waals surface area contributed by atoms with E-state index in [0.717, 1.165) is 32.4 Å². The molecule has 0 spiro atoms. The van der Waals surface area contributed by atoms with E-state index in [2.05, 4.69) is 9.71 Å². The van der Waals surface area contributed by atoms with Crippen LogP contribution in [0.4, 0.5) is 0 Å². The Morgan fingerprint density at radius 2 is 1.66 bits per heavy atom. The summed E-state index contributed by atoms with van der Waals surface area (Å²) in [6.07, 6.45) is 2.51. The number of hydrogen-bond donors (Lipinski definition) is 2. The fourth-order valence-electron chi connectivity index (χ4n) is 5.07. The first-order valence-corrected chi connectivity index (χ1v) is 16.6. The van der Waals surface area contributed by atoms with Crippen LogP contribution in [0.3, 0.4) is 0 Å². The Labute approximate surface area is 260 Å². The van der Waals surface area contributed by atoms with Gasteiger partial charge in [0.15, 0.2) is 12.5 Å². The molecule has 5 aromatic rings. The SMILES string of the molecule is O=S(=O)(NCc1ccc(C2O[C@H](CSc3cccc[n+]3[O-])C[C@H](c3ccc(CO)cc3)O2)cc1)c1cccc2cccnc12. The predicted octanol–water partition coefficient (Wildman–Crippen LogP) is 5.18. The number of fused-ring (bicyclic) bond motifs is 1. The molecule has 1 aliphatic heterocycles. The van der Waals surface area contributed by atoms with E-state index in [1.54, 1.807) is 36.5 Å². The number of ether oxygens (including phenoxy) is 2. The molecule has 3 atom stereocenters. The van der Waals surface area contributed by atoms with Gasteiger partial charge in [-0.1, -0.05) is 78.5 Å². The van der Waals surface area contributed by atoms with Crippen molar-refractivity contribution in [3.8, 4) is 0 Å². The fourth-order valence-corrected chi connectivity index (χ4v) is 7.20. The molecule has 0 radical (unpaired) electrons. The summed E-state index contributed by atoms with van der Waals surface area (Å²) in [5, 5.41) is 23.0. The lowest BCUT2D eigenvalue weighted by Gasteiger charge is -2.36. The number of hydrogen-bond acceptors (Lipinski definition) is 8. The van der Waals surface area contributed by atoms with Gasteiger partial charge in [-0.2, -0.15) is 4.73 Å². The zero-order valence-corrected chi connectivity index (χ0v) is 25.3. The van der Waals surface area contributed by atoms with Gasteiger partial charge in [0.1, 0.15) is 4.90 Å². The predicted molar refractivity (Wildman–Crippen MR) is 167 cm³/mol. The summed E-state index contributed by atoms with van der Waals surface area (Å²) >= 11 is 1.43. The third-order valence-electron chi connectivity index (χ3n) is 7.42. The first-order valence-electron chi connectivity index (χ1n) is 14.1. The number of para-hydroxylation sites is 1. The standard InChI is InChI=1S/C33H31N3O6S2/c37-21-24-11-13-25(14-12-24)29-19-28(22-43-31-8-1-2-18-36(31)38)41-33(42-29)27-15-9-23(10-16-27)20-35-44(39,40)30-7-3-5-26-6-4-17-34-32(26)30/h1-18,28-29,33,35,37H,19-22H2/t28-,29+,33?/m0/s1. The smallest absolute Gasteiger partial charge is 0.251 e. The molecule has 1 fully saturated rings. The van der Waals surface area contributed by atoms with Gasteiger partial charge in [-0.25, -0.2) is 13.1 Å². The number of thioether (sulfide) groups is 1. The molecule has 3 aromatic carbocycles. The van der Waals surface area contributed by atoms with Gasteiger partial charge in [0.05, 0.1) is 24.3 Å². The maximum Gasteiger partial charge on any atom is 0.251 e. The molecule has 11 heteroatoms. The van der Waals surface area contributed by atoms with Crippen LogP contribution in [0.5, 0.6) is 0 Å². The Morgan fingerprint density at radius 3 is 2.43 bits per heavy atom. The first-order chi connectivity index (χ1) is 21.4. The van der Waals surface area contributed by atoms with Crippen LogP contribution in [0.2, 0.25) is 0 Å². The summed E-state index contributed by atoms with van der Waals surface area (Å²) in [6, 6.07) is 29.1. The van der Waals surface area contributed by atoms with Crippen LogP contribution in [0, 0.1) is 5.21 Å². The van der Waals surface area contributed by atoms with Crippen molar-refractivity contribution in [1.82, 2.24) is 9.71 Å². The van der Waals surface area contributed by atoms with Gasteiger partial charge in [-0.05, 0) is 34.9 Å². The zero-order valence-electron chi connectivity index (χ0n) is 23.7. The third kappa shape index (κ3) is 6.94. The second-order valence-corrected chi connectivity index (χ2v) is 13.2. The van der Waals surface area contributed by atoms with Crippen LogP contribution >= 0.6 is 11.8 Å². The Hall–Kier alpha value is -3.84. The molecule has 1 unspecified atom stereocenters. The van der Waals surface area contributed by atoms with E-state index in [1.165, 1.54) is 18.0 Å². The lowest BCUT2D eigenvalue weighted by Crippen LogP contribution is -2.32. The second kappa shape index (κ2) is 13.4. The van der Waals surface area contributed by atoms with Gasteiger partial charge >= 0.3 is 0 Å². The summed E-state index contributed by atoms with van der Waals surface area (Å²) in [6.45, 7) is 0.0635. The molecule has 0 amide bonds. The minimum Gasteiger partial charge on any atom is -0.618 e. The zero-order chi connectivity index (χ0) is 30.5. The molecular formula is C33H31N3O6S2. The third-order valence-corrected chi connectivity index (χ3v) is 10.0. The normalized spacial score (nSPS) is 18.8. The Balaban J connectivity index is 1.17. The highest BCUT2D eigenvalue weighted by Gasteiger charge is 2.32. The van der Waals surface area contributed by atoms with Crippen LogP contribution in [0.15, 0.2) is 119 Å². The molecule has 6 rings (SSSR count). The quantitative estimate of drug-likeness (QED) is 0.123. The van der Waals surface area contributed by atoms with Crippen molar-refractivity contribution in [2.24, 2.45) is 0 Å². The summed E-state index contributed by atoms with van der Waals surface area (Å²) in [5.74, 6) is 0.556. The monoisotopic (exact) mass is 629 g/mol. The topological polar surface area (TPSA) is 125 Å². The molecule has 0 saturated carbocycles. The van der Waals surface area contributed by atoms with Crippen molar-refractivity contribution in [2.45, 2.75) is 48.0 Å². The lowest BCUT2D eigenvalue weighted by atomic mass is 10.0. The first kappa shape index (κ1) is 30.2. The molecule has 226 valence electrons. The number of nitrogens with one attached hydrogen (secondary N) is 1. The molecule has 0 bridgehead atoms. The number of aromatic nitrogens is 2. The molecule has 3 heterocycles. The number of pyridine rings is 2. The van der Waals surface area contributed by atoms with Crippen molar-refractivity contribution in [3.05, 3.63) is 137 Å². The Morgan fingerprint density at radius 1 is 0.909 bits per heavy atom. The number of sulfonamides is 1. The van der Waals surface area contributed by atoms with E-state index in [-0.39, 0.29) is 30.3 Å². The Kier molecular flexibility index (Phi) is 9.22. The van der Waals surface area contributed by atoms with Gasteiger partial charge in [-0.3, -0.25) is 4.98 Å². The number of aliphatic hydroxyl groups is 1. The molecule has 44 heavy (non-hydrogen) atoms.